The molecule has 0 aliphatic heterocycles. The van der Waals surface area contributed by atoms with Gasteiger partial charge in [-0.05, 0) is 37.6 Å². The molecule has 0 fully saturated rings. The van der Waals surface area contributed by atoms with E-state index in [1.54, 1.807) is 12.4 Å². The Morgan fingerprint density at radius 2 is 2.18 bits per heavy atom. The highest BCUT2D eigenvalue weighted by molar-refractivity contribution is 5.78. The quantitative estimate of drug-likeness (QED) is 0.545. The lowest BCUT2D eigenvalue weighted by molar-refractivity contribution is -0.159. The Balaban J connectivity index is 2.27. The number of aliphatic hydroxyl groups is 1. The summed E-state index contributed by atoms with van der Waals surface area (Å²) in [7, 11) is 1.26. The summed E-state index contributed by atoms with van der Waals surface area (Å²) in [5.41, 5.74) is -0.322. The summed E-state index contributed by atoms with van der Waals surface area (Å²) in [6, 6.07) is 3.86. The minimum atomic E-state index is -1.48. The van der Waals surface area contributed by atoms with Crippen LogP contribution in [-0.2, 0) is 16.0 Å². The highest BCUT2D eigenvalue weighted by Crippen LogP contribution is 2.03. The second-order valence-corrected chi connectivity index (χ2v) is 4.05. The second-order valence-electron chi connectivity index (χ2n) is 4.05. The molecule has 17 heavy (non-hydrogen) atoms. The molecule has 5 heteroatoms. The molecule has 1 aromatic heterocycles. The number of nitrogens with zero attached hydrogens (tertiary/aromatic N) is 1. The Bertz CT molecular complexity index is 352. The predicted octanol–water partition coefficient (Wildman–Crippen LogP) is 0.138. The third kappa shape index (κ3) is 4.50. The Morgan fingerprint density at radius 1 is 1.53 bits per heavy atom. The molecule has 0 radical (unpaired) electrons. The summed E-state index contributed by atoms with van der Waals surface area (Å²) < 4.78 is 4.49. The number of rotatable bonds is 6. The van der Waals surface area contributed by atoms with E-state index in [2.05, 4.69) is 15.0 Å². The SMILES string of the molecule is COC(=O)C(C)(O)CNCCc1ccncc1. The summed E-state index contributed by atoms with van der Waals surface area (Å²) >= 11 is 0. The van der Waals surface area contributed by atoms with Crippen LogP contribution in [0.3, 0.4) is 0 Å². The van der Waals surface area contributed by atoms with Gasteiger partial charge in [-0.25, -0.2) is 4.79 Å². The molecule has 0 aliphatic rings. The van der Waals surface area contributed by atoms with Crippen molar-refractivity contribution in [1.29, 1.82) is 0 Å². The fourth-order valence-electron chi connectivity index (χ4n) is 1.41. The highest BCUT2D eigenvalue weighted by atomic mass is 16.5. The van der Waals surface area contributed by atoms with Crippen molar-refractivity contribution in [3.05, 3.63) is 30.1 Å². The van der Waals surface area contributed by atoms with E-state index >= 15 is 0 Å². The van der Waals surface area contributed by atoms with E-state index in [0.29, 0.717) is 6.54 Å². The smallest absolute Gasteiger partial charge is 0.338 e. The molecule has 5 nitrogen and oxygen atoms in total. The fraction of sp³-hybridized carbons (Fsp3) is 0.500. The normalized spacial score (nSPS) is 14.1. The Hall–Kier alpha value is -1.46. The molecule has 0 aromatic carbocycles. The monoisotopic (exact) mass is 238 g/mol. The standard InChI is InChI=1S/C12H18N2O3/c1-12(16,11(15)17-2)9-14-8-5-10-3-6-13-7-4-10/h3-4,6-7,14,16H,5,8-9H2,1-2H3. The lowest BCUT2D eigenvalue weighted by Gasteiger charge is -2.20. The highest BCUT2D eigenvalue weighted by Gasteiger charge is 2.30. The predicted molar refractivity (Wildman–Crippen MR) is 63.5 cm³/mol. The topological polar surface area (TPSA) is 71.5 Å². The number of carbonyl (C=O) groups is 1. The first-order valence-corrected chi connectivity index (χ1v) is 5.46. The Labute approximate surface area is 101 Å². The van der Waals surface area contributed by atoms with Crippen LogP contribution in [0.15, 0.2) is 24.5 Å². The molecule has 0 aliphatic carbocycles. The van der Waals surface area contributed by atoms with E-state index in [1.807, 2.05) is 12.1 Å². The molecule has 0 spiro atoms. The minimum absolute atomic E-state index is 0.171. The first-order chi connectivity index (χ1) is 8.06. The number of aromatic nitrogens is 1. The summed E-state index contributed by atoms with van der Waals surface area (Å²) in [5, 5.41) is 12.8. The van der Waals surface area contributed by atoms with E-state index < -0.39 is 11.6 Å². The average Bonchev–Trinajstić information content (AvgIpc) is 2.35. The van der Waals surface area contributed by atoms with Crippen molar-refractivity contribution in [2.24, 2.45) is 0 Å². The molecule has 94 valence electrons. The van der Waals surface area contributed by atoms with Crippen molar-refractivity contribution in [3.63, 3.8) is 0 Å². The molecule has 1 heterocycles. The maximum absolute atomic E-state index is 11.2. The molecule has 0 bridgehead atoms. The first kappa shape index (κ1) is 13.6. The number of hydrogen-bond acceptors (Lipinski definition) is 5. The first-order valence-electron chi connectivity index (χ1n) is 5.46. The van der Waals surface area contributed by atoms with Gasteiger partial charge in [-0.2, -0.15) is 0 Å². The number of esters is 1. The van der Waals surface area contributed by atoms with Crippen LogP contribution in [-0.4, -0.2) is 41.9 Å². The zero-order valence-electron chi connectivity index (χ0n) is 10.1. The zero-order valence-corrected chi connectivity index (χ0v) is 10.1. The van der Waals surface area contributed by atoms with Gasteiger partial charge in [0.1, 0.15) is 0 Å². The van der Waals surface area contributed by atoms with Gasteiger partial charge in [0.25, 0.3) is 0 Å². The van der Waals surface area contributed by atoms with Crippen molar-refractivity contribution >= 4 is 5.97 Å². The van der Waals surface area contributed by atoms with Gasteiger partial charge in [0.2, 0.25) is 0 Å². The summed E-state index contributed by atoms with van der Waals surface area (Å²) in [6.07, 6.45) is 4.29. The molecular weight excluding hydrogens is 220 g/mol. The molecule has 0 saturated carbocycles. The van der Waals surface area contributed by atoms with Crippen molar-refractivity contribution in [2.75, 3.05) is 20.2 Å². The van der Waals surface area contributed by atoms with Gasteiger partial charge in [-0.15, -0.1) is 0 Å². The van der Waals surface area contributed by atoms with Crippen LogP contribution < -0.4 is 5.32 Å². The van der Waals surface area contributed by atoms with Crippen molar-refractivity contribution in [3.8, 4) is 0 Å². The van der Waals surface area contributed by atoms with Gasteiger partial charge in [0, 0.05) is 18.9 Å². The maximum atomic E-state index is 11.2. The summed E-state index contributed by atoms with van der Waals surface area (Å²) in [5.74, 6) is -0.631. The Morgan fingerprint density at radius 3 is 2.76 bits per heavy atom. The molecule has 1 atom stereocenters. The molecule has 1 rings (SSSR count). The summed E-state index contributed by atoms with van der Waals surface area (Å²) in [6.45, 7) is 2.28. The second kappa shape index (κ2) is 6.32. The number of pyridine rings is 1. The van der Waals surface area contributed by atoms with Gasteiger partial charge in [0.15, 0.2) is 5.60 Å². The number of nitrogens with one attached hydrogen (secondary N) is 1. The average molecular weight is 238 g/mol. The number of carbonyl (C=O) groups excluding carboxylic acids is 1. The molecule has 0 amide bonds. The summed E-state index contributed by atoms with van der Waals surface area (Å²) in [4.78, 5) is 15.1. The van der Waals surface area contributed by atoms with Crippen molar-refractivity contribution in [2.45, 2.75) is 18.9 Å². The van der Waals surface area contributed by atoms with Crippen LogP contribution in [0.4, 0.5) is 0 Å². The Kier molecular flexibility index (Phi) is 5.06. The fourth-order valence-corrected chi connectivity index (χ4v) is 1.41. The maximum Gasteiger partial charge on any atom is 0.338 e. The van der Waals surface area contributed by atoms with Gasteiger partial charge in [0.05, 0.1) is 7.11 Å². The van der Waals surface area contributed by atoms with E-state index in [9.17, 15) is 9.90 Å². The van der Waals surface area contributed by atoms with Crippen LogP contribution >= 0.6 is 0 Å². The number of methoxy groups -OCH3 is 1. The van der Waals surface area contributed by atoms with Crippen LogP contribution in [0, 0.1) is 0 Å². The largest absolute Gasteiger partial charge is 0.467 e. The minimum Gasteiger partial charge on any atom is -0.467 e. The van der Waals surface area contributed by atoms with Crippen LogP contribution in [0.2, 0.25) is 0 Å². The van der Waals surface area contributed by atoms with Crippen LogP contribution in [0.5, 0.6) is 0 Å². The number of ether oxygens (including phenoxy) is 1. The zero-order chi connectivity index (χ0) is 12.7. The van der Waals surface area contributed by atoms with E-state index in [-0.39, 0.29) is 6.54 Å². The van der Waals surface area contributed by atoms with E-state index in [1.165, 1.54) is 14.0 Å². The van der Waals surface area contributed by atoms with E-state index in [0.717, 1.165) is 12.0 Å². The molecular formula is C12H18N2O3. The van der Waals surface area contributed by atoms with Crippen LogP contribution in [0.1, 0.15) is 12.5 Å². The van der Waals surface area contributed by atoms with Crippen molar-refractivity contribution in [1.82, 2.24) is 10.3 Å². The van der Waals surface area contributed by atoms with Gasteiger partial charge in [-0.1, -0.05) is 0 Å². The molecule has 1 unspecified atom stereocenters. The van der Waals surface area contributed by atoms with E-state index in [4.69, 9.17) is 0 Å². The molecule has 1 aromatic rings. The van der Waals surface area contributed by atoms with Gasteiger partial charge < -0.3 is 15.2 Å². The third-order valence-electron chi connectivity index (χ3n) is 2.43. The lowest BCUT2D eigenvalue weighted by Crippen LogP contribution is -2.46. The lowest BCUT2D eigenvalue weighted by atomic mass is 10.1. The molecule has 2 N–H and O–H groups in total. The van der Waals surface area contributed by atoms with Gasteiger partial charge >= 0.3 is 5.97 Å². The number of hydrogen-bond donors (Lipinski definition) is 2. The van der Waals surface area contributed by atoms with Crippen LogP contribution in [0.25, 0.3) is 0 Å². The van der Waals surface area contributed by atoms with Gasteiger partial charge in [-0.3, -0.25) is 4.98 Å². The van der Waals surface area contributed by atoms with Crippen molar-refractivity contribution < 1.29 is 14.6 Å². The third-order valence-corrected chi connectivity index (χ3v) is 2.43. The molecule has 0 saturated heterocycles.